The van der Waals surface area contributed by atoms with Crippen LogP contribution < -0.4 is 5.32 Å². The third-order valence-electron chi connectivity index (χ3n) is 2.16. The molecule has 1 N–H and O–H groups in total. The Hall–Kier alpha value is -1.22. The van der Waals surface area contributed by atoms with E-state index in [9.17, 15) is 0 Å². The van der Waals surface area contributed by atoms with Crippen LogP contribution in [-0.2, 0) is 0 Å². The smallest absolute Gasteiger partial charge is 0.125 e. The first-order valence-electron chi connectivity index (χ1n) is 5.30. The zero-order chi connectivity index (χ0) is 11.3. The second-order valence-corrected chi connectivity index (χ2v) is 3.80. The van der Waals surface area contributed by atoms with E-state index in [0.29, 0.717) is 0 Å². The molecule has 0 aliphatic carbocycles. The van der Waals surface area contributed by atoms with E-state index < -0.39 is 0 Å². The second-order valence-electron chi connectivity index (χ2n) is 3.80. The fourth-order valence-electron chi connectivity index (χ4n) is 1.54. The lowest BCUT2D eigenvalue weighted by Gasteiger charge is -2.17. The van der Waals surface area contributed by atoms with Crippen molar-refractivity contribution in [2.75, 3.05) is 6.54 Å². The van der Waals surface area contributed by atoms with Gasteiger partial charge in [0.2, 0.25) is 0 Å². The molecule has 1 aromatic rings. The Morgan fingerprint density at radius 3 is 2.87 bits per heavy atom. The summed E-state index contributed by atoms with van der Waals surface area (Å²) in [7, 11) is 0. The van der Waals surface area contributed by atoms with Crippen molar-refractivity contribution in [2.45, 2.75) is 33.2 Å². The van der Waals surface area contributed by atoms with E-state index in [2.05, 4.69) is 28.8 Å². The predicted octanol–water partition coefficient (Wildman–Crippen LogP) is 2.40. The van der Waals surface area contributed by atoms with Crippen LogP contribution in [0.1, 0.15) is 37.8 Å². The molecule has 15 heavy (non-hydrogen) atoms. The Balaban J connectivity index is 2.83. The van der Waals surface area contributed by atoms with Gasteiger partial charge >= 0.3 is 0 Å². The third-order valence-corrected chi connectivity index (χ3v) is 2.16. The summed E-state index contributed by atoms with van der Waals surface area (Å²) in [6.45, 7) is 10.9. The monoisotopic (exact) mass is 205 g/mol. The van der Waals surface area contributed by atoms with Crippen molar-refractivity contribution in [3.05, 3.63) is 35.9 Å². The number of nitrogens with zero attached hydrogens (tertiary/aromatic N) is 2. The van der Waals surface area contributed by atoms with Crippen molar-refractivity contribution >= 4 is 0 Å². The van der Waals surface area contributed by atoms with Crippen LogP contribution in [0.4, 0.5) is 0 Å². The van der Waals surface area contributed by atoms with Gasteiger partial charge in [-0.25, -0.2) is 9.97 Å². The minimum Gasteiger partial charge on any atom is -0.309 e. The van der Waals surface area contributed by atoms with Gasteiger partial charge < -0.3 is 5.32 Å². The average molecular weight is 205 g/mol. The highest BCUT2D eigenvalue weighted by molar-refractivity contribution is 5.10. The number of hydrogen-bond acceptors (Lipinski definition) is 3. The lowest BCUT2D eigenvalue weighted by molar-refractivity contribution is 0.532. The zero-order valence-corrected chi connectivity index (χ0v) is 9.75. The molecule has 1 atom stereocenters. The highest BCUT2D eigenvalue weighted by Gasteiger charge is 2.11. The quantitative estimate of drug-likeness (QED) is 0.750. The zero-order valence-electron chi connectivity index (χ0n) is 9.75. The molecule has 3 nitrogen and oxygen atoms in total. The molecule has 0 spiro atoms. The number of rotatable bonds is 5. The Bertz CT molecular complexity index is 333. The van der Waals surface area contributed by atoms with E-state index in [1.807, 2.05) is 19.9 Å². The fourth-order valence-corrected chi connectivity index (χ4v) is 1.54. The van der Waals surface area contributed by atoms with E-state index in [4.69, 9.17) is 0 Å². The van der Waals surface area contributed by atoms with Gasteiger partial charge in [-0.3, -0.25) is 0 Å². The van der Waals surface area contributed by atoms with Crippen molar-refractivity contribution < 1.29 is 0 Å². The molecule has 0 aliphatic heterocycles. The van der Waals surface area contributed by atoms with Gasteiger partial charge in [-0.2, -0.15) is 0 Å². The molecule has 0 amide bonds. The summed E-state index contributed by atoms with van der Waals surface area (Å²) >= 11 is 0. The van der Waals surface area contributed by atoms with Gasteiger partial charge in [0, 0.05) is 6.20 Å². The molecule has 0 aromatic carbocycles. The first-order chi connectivity index (χ1) is 7.13. The van der Waals surface area contributed by atoms with Gasteiger partial charge in [-0.05, 0) is 32.9 Å². The Morgan fingerprint density at radius 1 is 1.60 bits per heavy atom. The van der Waals surface area contributed by atoms with Crippen LogP contribution in [0, 0.1) is 6.92 Å². The number of hydrogen-bond donors (Lipinski definition) is 1. The minimum atomic E-state index is 0.259. The third kappa shape index (κ3) is 3.80. The van der Waals surface area contributed by atoms with E-state index in [-0.39, 0.29) is 6.04 Å². The van der Waals surface area contributed by atoms with Crippen molar-refractivity contribution in [1.29, 1.82) is 0 Å². The molecule has 1 heterocycles. The molecule has 1 rings (SSSR count). The van der Waals surface area contributed by atoms with Gasteiger partial charge in [-0.1, -0.05) is 12.5 Å². The maximum absolute atomic E-state index is 4.43. The van der Waals surface area contributed by atoms with E-state index in [1.54, 1.807) is 6.20 Å². The molecule has 0 radical (unpaired) electrons. The first kappa shape index (κ1) is 11.9. The second kappa shape index (κ2) is 5.61. The Labute approximate surface area is 91.7 Å². The van der Waals surface area contributed by atoms with Crippen molar-refractivity contribution in [3.63, 3.8) is 0 Å². The van der Waals surface area contributed by atoms with Crippen molar-refractivity contribution in [2.24, 2.45) is 0 Å². The first-order valence-corrected chi connectivity index (χ1v) is 5.30. The molecule has 0 fully saturated rings. The molecule has 3 heteroatoms. The average Bonchev–Trinajstić information content (AvgIpc) is 2.16. The summed E-state index contributed by atoms with van der Waals surface area (Å²) < 4.78 is 0. The van der Waals surface area contributed by atoms with Crippen LogP contribution in [0.25, 0.3) is 0 Å². The van der Waals surface area contributed by atoms with Gasteiger partial charge in [0.15, 0.2) is 0 Å². The Morgan fingerprint density at radius 2 is 2.33 bits per heavy atom. The van der Waals surface area contributed by atoms with Crippen LogP contribution in [0.5, 0.6) is 0 Å². The highest BCUT2D eigenvalue weighted by Crippen LogP contribution is 2.17. The summed E-state index contributed by atoms with van der Waals surface area (Å²) in [5, 5.41) is 3.41. The summed E-state index contributed by atoms with van der Waals surface area (Å²) in [4.78, 5) is 8.53. The highest BCUT2D eigenvalue weighted by atomic mass is 15.0. The van der Waals surface area contributed by atoms with Crippen molar-refractivity contribution in [1.82, 2.24) is 15.3 Å². The summed E-state index contributed by atoms with van der Waals surface area (Å²) in [6, 6.07) is 2.22. The summed E-state index contributed by atoms with van der Waals surface area (Å²) in [5.41, 5.74) is 2.21. The predicted molar refractivity (Wildman–Crippen MR) is 62.6 cm³/mol. The van der Waals surface area contributed by atoms with Crippen LogP contribution in [0.3, 0.4) is 0 Å². The molecular weight excluding hydrogens is 186 g/mol. The van der Waals surface area contributed by atoms with Gasteiger partial charge in [0.1, 0.15) is 5.82 Å². The van der Waals surface area contributed by atoms with Crippen LogP contribution >= 0.6 is 0 Å². The molecule has 0 bridgehead atoms. The summed E-state index contributed by atoms with van der Waals surface area (Å²) in [6.07, 6.45) is 2.73. The van der Waals surface area contributed by atoms with Crippen LogP contribution in [-0.4, -0.2) is 16.5 Å². The van der Waals surface area contributed by atoms with E-state index in [1.165, 1.54) is 0 Å². The molecule has 0 saturated heterocycles. The maximum Gasteiger partial charge on any atom is 0.125 e. The van der Waals surface area contributed by atoms with Gasteiger partial charge in [0.05, 0.1) is 11.7 Å². The minimum absolute atomic E-state index is 0.259. The standard InChI is InChI=1S/C12H19N3/c1-5-13-12(8-9(2)3)11-6-7-14-10(4)15-11/h6-7,12-13H,2,5,8H2,1,3-4H3. The maximum atomic E-state index is 4.43. The lowest BCUT2D eigenvalue weighted by Crippen LogP contribution is -2.22. The van der Waals surface area contributed by atoms with Gasteiger partial charge in [-0.15, -0.1) is 6.58 Å². The largest absolute Gasteiger partial charge is 0.309 e. The molecule has 1 unspecified atom stereocenters. The SMILES string of the molecule is C=C(C)CC(NCC)c1ccnc(C)n1. The number of aromatic nitrogens is 2. The van der Waals surface area contributed by atoms with E-state index >= 15 is 0 Å². The normalized spacial score (nSPS) is 12.5. The Kier molecular flexibility index (Phi) is 4.43. The summed E-state index contributed by atoms with van der Waals surface area (Å²) in [5.74, 6) is 0.817. The van der Waals surface area contributed by atoms with Crippen LogP contribution in [0.15, 0.2) is 24.4 Å². The molecule has 0 aliphatic rings. The molecule has 1 aromatic heterocycles. The number of nitrogens with one attached hydrogen (secondary N) is 1. The van der Waals surface area contributed by atoms with E-state index in [0.717, 1.165) is 30.1 Å². The molecular formula is C12H19N3. The van der Waals surface area contributed by atoms with Gasteiger partial charge in [0.25, 0.3) is 0 Å². The topological polar surface area (TPSA) is 37.8 Å². The van der Waals surface area contributed by atoms with Crippen molar-refractivity contribution in [3.8, 4) is 0 Å². The lowest BCUT2D eigenvalue weighted by atomic mass is 10.1. The van der Waals surface area contributed by atoms with Crippen LogP contribution in [0.2, 0.25) is 0 Å². The fraction of sp³-hybridized carbons (Fsp3) is 0.500. The number of aryl methyl sites for hydroxylation is 1. The molecule has 0 saturated carbocycles. The molecule has 82 valence electrons.